The normalized spacial score (nSPS) is 21.5. The van der Waals surface area contributed by atoms with E-state index >= 15 is 0 Å². The van der Waals surface area contributed by atoms with E-state index in [2.05, 4.69) is 22.4 Å². The molecule has 26 heavy (non-hydrogen) atoms. The van der Waals surface area contributed by atoms with Gasteiger partial charge in [-0.3, -0.25) is 4.79 Å². The number of carbonyl (C=O) groups is 1. The van der Waals surface area contributed by atoms with E-state index in [9.17, 15) is 9.18 Å². The first kappa shape index (κ1) is 18.4. The average Bonchev–Trinajstić information content (AvgIpc) is 3.09. The fourth-order valence-electron chi connectivity index (χ4n) is 3.76. The highest BCUT2D eigenvalue weighted by atomic mass is 19.1. The van der Waals surface area contributed by atoms with Crippen molar-refractivity contribution in [3.8, 4) is 0 Å². The molecule has 1 amide bonds. The van der Waals surface area contributed by atoms with Crippen molar-refractivity contribution in [3.63, 3.8) is 0 Å². The molecule has 1 aliphatic heterocycles. The largest absolute Gasteiger partial charge is 0.369 e. The van der Waals surface area contributed by atoms with Crippen molar-refractivity contribution in [1.82, 2.24) is 20.2 Å². The van der Waals surface area contributed by atoms with Gasteiger partial charge in [-0.15, -0.1) is 5.10 Å². The lowest BCUT2D eigenvalue weighted by molar-refractivity contribution is -0.938. The van der Waals surface area contributed by atoms with Gasteiger partial charge in [-0.05, 0) is 28.1 Å². The third-order valence-electron chi connectivity index (χ3n) is 5.22. The lowest BCUT2D eigenvalue weighted by atomic mass is 9.94. The summed E-state index contributed by atoms with van der Waals surface area (Å²) >= 11 is 0. The maximum absolute atomic E-state index is 13.1. The van der Waals surface area contributed by atoms with Crippen molar-refractivity contribution < 1.29 is 14.1 Å². The number of amides is 1. The van der Waals surface area contributed by atoms with Gasteiger partial charge < -0.3 is 10.6 Å². The predicted octanol–water partition coefficient (Wildman–Crippen LogP) is 0.482. The highest BCUT2D eigenvalue weighted by molar-refractivity contribution is 5.76. The smallest absolute Gasteiger partial charge is 0.220 e. The summed E-state index contributed by atoms with van der Waals surface area (Å²) in [5.74, 6) is 0.383. The topological polar surface area (TPSA) is 91.1 Å². The molecule has 1 saturated heterocycles. The standard InChI is InChI=1S/C18H25FN6O/c1-2-3-16(24-10-8-14(9-11-24)17(20)26)18-21-22-23-25(18)12-13-4-6-15(19)7-5-13/h4-7,14,16H,2-3,8-12H2,1H3,(H2,20,26)/p+1/t16-/m0/s1. The summed E-state index contributed by atoms with van der Waals surface area (Å²) in [7, 11) is 0. The van der Waals surface area contributed by atoms with Crippen molar-refractivity contribution in [2.75, 3.05) is 13.1 Å². The second-order valence-electron chi connectivity index (χ2n) is 7.00. The maximum Gasteiger partial charge on any atom is 0.220 e. The zero-order valence-electron chi connectivity index (χ0n) is 15.1. The summed E-state index contributed by atoms with van der Waals surface area (Å²) in [6.45, 7) is 4.44. The van der Waals surface area contributed by atoms with Crippen LogP contribution in [0, 0.1) is 11.7 Å². The Labute approximate surface area is 152 Å². The van der Waals surface area contributed by atoms with Gasteiger partial charge in [0.25, 0.3) is 0 Å². The molecule has 7 nitrogen and oxygen atoms in total. The number of quaternary nitrogens is 1. The van der Waals surface area contributed by atoms with Crippen molar-refractivity contribution >= 4 is 5.91 Å². The fourth-order valence-corrected chi connectivity index (χ4v) is 3.76. The van der Waals surface area contributed by atoms with E-state index in [1.807, 2.05) is 0 Å². The number of primary amides is 1. The van der Waals surface area contributed by atoms with Gasteiger partial charge in [0.05, 0.1) is 19.6 Å². The minimum Gasteiger partial charge on any atom is -0.369 e. The molecule has 1 fully saturated rings. The van der Waals surface area contributed by atoms with Gasteiger partial charge in [0.1, 0.15) is 11.9 Å². The Balaban J connectivity index is 1.75. The van der Waals surface area contributed by atoms with Gasteiger partial charge >= 0.3 is 0 Å². The van der Waals surface area contributed by atoms with Crippen LogP contribution in [-0.4, -0.2) is 39.2 Å². The number of hydrogen-bond donors (Lipinski definition) is 2. The number of carbonyl (C=O) groups excluding carboxylic acids is 1. The number of rotatable bonds is 7. The third kappa shape index (κ3) is 4.24. The molecule has 2 heterocycles. The fraction of sp³-hybridized carbons (Fsp3) is 0.556. The predicted molar refractivity (Wildman–Crippen MR) is 93.6 cm³/mol. The number of benzene rings is 1. The molecular formula is C18H26FN6O+. The van der Waals surface area contributed by atoms with Gasteiger partial charge in [-0.25, -0.2) is 9.07 Å². The number of likely N-dealkylation sites (tertiary alicyclic amines) is 1. The number of halogens is 1. The van der Waals surface area contributed by atoms with Crippen molar-refractivity contribution in [3.05, 3.63) is 41.5 Å². The number of aromatic nitrogens is 4. The Kier molecular flexibility index (Phi) is 5.92. The molecule has 2 aromatic rings. The number of tetrazole rings is 1. The maximum atomic E-state index is 13.1. The summed E-state index contributed by atoms with van der Waals surface area (Å²) in [6, 6.07) is 6.58. The Hall–Kier alpha value is -2.35. The Bertz CT molecular complexity index is 724. The van der Waals surface area contributed by atoms with Gasteiger partial charge in [0.2, 0.25) is 11.7 Å². The molecule has 0 bridgehead atoms. The first-order valence-corrected chi connectivity index (χ1v) is 9.23. The molecule has 3 rings (SSSR count). The third-order valence-corrected chi connectivity index (χ3v) is 5.22. The van der Waals surface area contributed by atoms with E-state index in [4.69, 9.17) is 5.73 Å². The molecule has 140 valence electrons. The van der Waals surface area contributed by atoms with Crippen LogP contribution in [0.15, 0.2) is 24.3 Å². The van der Waals surface area contributed by atoms with Gasteiger partial charge in [0, 0.05) is 25.2 Å². The van der Waals surface area contributed by atoms with E-state index in [1.54, 1.807) is 16.8 Å². The van der Waals surface area contributed by atoms with Crippen LogP contribution in [-0.2, 0) is 11.3 Å². The number of nitrogens with zero attached hydrogens (tertiary/aromatic N) is 4. The highest BCUT2D eigenvalue weighted by Gasteiger charge is 2.34. The Morgan fingerprint density at radius 2 is 2.04 bits per heavy atom. The molecule has 1 aromatic heterocycles. The molecule has 1 aliphatic rings. The van der Waals surface area contributed by atoms with E-state index in [-0.39, 0.29) is 23.7 Å². The summed E-state index contributed by atoms with van der Waals surface area (Å²) in [5.41, 5.74) is 6.41. The van der Waals surface area contributed by atoms with Gasteiger partial charge in [-0.2, -0.15) is 0 Å². The molecule has 3 N–H and O–H groups in total. The minimum absolute atomic E-state index is 0.0174. The van der Waals surface area contributed by atoms with Crippen LogP contribution in [0.2, 0.25) is 0 Å². The molecule has 0 aliphatic carbocycles. The van der Waals surface area contributed by atoms with Gasteiger partial charge in [0.15, 0.2) is 0 Å². The van der Waals surface area contributed by atoms with Crippen LogP contribution in [0.25, 0.3) is 0 Å². The van der Waals surface area contributed by atoms with Gasteiger partial charge in [-0.1, -0.05) is 25.5 Å². The number of nitrogens with two attached hydrogens (primary N) is 1. The second-order valence-corrected chi connectivity index (χ2v) is 7.00. The van der Waals surface area contributed by atoms with E-state index in [0.29, 0.717) is 6.54 Å². The van der Waals surface area contributed by atoms with Crippen LogP contribution >= 0.6 is 0 Å². The summed E-state index contributed by atoms with van der Waals surface area (Å²) in [6.07, 6.45) is 3.62. The van der Waals surface area contributed by atoms with Crippen molar-refractivity contribution in [1.29, 1.82) is 0 Å². The quantitative estimate of drug-likeness (QED) is 0.751. The van der Waals surface area contributed by atoms with Crippen LogP contribution in [0.1, 0.15) is 50.0 Å². The van der Waals surface area contributed by atoms with E-state index in [1.165, 1.54) is 17.0 Å². The SMILES string of the molecule is CCC[C@@H](c1nnnn1Cc1ccc(F)cc1)[NH+]1CCC(C(N)=O)CC1. The lowest BCUT2D eigenvalue weighted by Gasteiger charge is -2.33. The first-order valence-electron chi connectivity index (χ1n) is 9.23. The molecule has 1 atom stereocenters. The Morgan fingerprint density at radius 1 is 1.35 bits per heavy atom. The lowest BCUT2D eigenvalue weighted by Crippen LogP contribution is -3.13. The second kappa shape index (κ2) is 8.35. The molecule has 0 unspecified atom stereocenters. The first-order chi connectivity index (χ1) is 12.6. The van der Waals surface area contributed by atoms with E-state index in [0.717, 1.165) is 50.2 Å². The van der Waals surface area contributed by atoms with E-state index < -0.39 is 0 Å². The molecular weight excluding hydrogens is 335 g/mol. The Morgan fingerprint density at radius 3 is 2.65 bits per heavy atom. The molecule has 0 saturated carbocycles. The molecule has 0 radical (unpaired) electrons. The highest BCUT2D eigenvalue weighted by Crippen LogP contribution is 2.17. The average molecular weight is 361 g/mol. The summed E-state index contributed by atoms with van der Waals surface area (Å²) in [5, 5.41) is 12.3. The number of nitrogens with one attached hydrogen (secondary N) is 1. The number of hydrogen-bond acceptors (Lipinski definition) is 4. The monoisotopic (exact) mass is 361 g/mol. The minimum atomic E-state index is -0.253. The molecule has 0 spiro atoms. The number of piperidine rings is 1. The van der Waals surface area contributed by atoms with Crippen molar-refractivity contribution in [2.24, 2.45) is 11.7 Å². The zero-order chi connectivity index (χ0) is 18.5. The zero-order valence-corrected chi connectivity index (χ0v) is 15.1. The van der Waals surface area contributed by atoms with Crippen LogP contribution in [0.3, 0.4) is 0 Å². The summed E-state index contributed by atoms with van der Waals surface area (Å²) < 4.78 is 14.9. The summed E-state index contributed by atoms with van der Waals surface area (Å²) in [4.78, 5) is 12.8. The van der Waals surface area contributed by atoms with Crippen LogP contribution < -0.4 is 10.6 Å². The molecule has 8 heteroatoms. The van der Waals surface area contributed by atoms with Crippen molar-refractivity contribution in [2.45, 2.75) is 45.2 Å². The molecule has 1 aromatic carbocycles. The van der Waals surface area contributed by atoms with Crippen LogP contribution in [0.5, 0.6) is 0 Å². The van der Waals surface area contributed by atoms with Crippen LogP contribution in [0.4, 0.5) is 4.39 Å².